The van der Waals surface area contributed by atoms with Crippen LogP contribution in [0.2, 0.25) is 5.02 Å². The number of aryl methyl sites for hydroxylation is 1. The third kappa shape index (κ3) is 3.84. The molecule has 0 saturated carbocycles. The van der Waals surface area contributed by atoms with E-state index in [0.29, 0.717) is 0 Å². The summed E-state index contributed by atoms with van der Waals surface area (Å²) in [4.78, 5) is 2.84. The van der Waals surface area contributed by atoms with Crippen molar-refractivity contribution in [2.75, 3.05) is 0 Å². The Morgan fingerprint density at radius 2 is 1.94 bits per heavy atom. The summed E-state index contributed by atoms with van der Waals surface area (Å²) in [6, 6.07) is 12.4. The molecule has 0 aliphatic carbocycles. The summed E-state index contributed by atoms with van der Waals surface area (Å²) in [5, 5.41) is 4.23. The van der Waals surface area contributed by atoms with Crippen molar-refractivity contribution in [1.82, 2.24) is 5.32 Å². The molecule has 0 radical (unpaired) electrons. The van der Waals surface area contributed by atoms with Crippen molar-refractivity contribution in [2.24, 2.45) is 0 Å². The Morgan fingerprint density at radius 3 is 2.65 bits per heavy atom. The van der Waals surface area contributed by atoms with Crippen molar-refractivity contribution in [2.45, 2.75) is 26.4 Å². The van der Waals surface area contributed by atoms with Crippen LogP contribution in [0.25, 0.3) is 0 Å². The van der Waals surface area contributed by atoms with E-state index < -0.39 is 0 Å². The molecular formula is C14H16ClNS. The SMILES string of the molecule is CCc1ccc(CNCc2cccc(Cl)c2)s1. The summed E-state index contributed by atoms with van der Waals surface area (Å²) in [5.41, 5.74) is 1.23. The molecule has 0 amide bonds. The van der Waals surface area contributed by atoms with Gasteiger partial charge in [0.15, 0.2) is 0 Å². The molecule has 90 valence electrons. The van der Waals surface area contributed by atoms with E-state index in [0.717, 1.165) is 24.5 Å². The maximum absolute atomic E-state index is 5.94. The van der Waals surface area contributed by atoms with E-state index in [1.165, 1.54) is 15.3 Å². The zero-order chi connectivity index (χ0) is 12.1. The predicted molar refractivity (Wildman–Crippen MR) is 75.7 cm³/mol. The average Bonchev–Trinajstić information content (AvgIpc) is 2.77. The molecule has 0 fully saturated rings. The Kier molecular flexibility index (Phi) is 4.60. The number of rotatable bonds is 5. The Hall–Kier alpha value is -0.830. The van der Waals surface area contributed by atoms with Gasteiger partial charge in [0.25, 0.3) is 0 Å². The lowest BCUT2D eigenvalue weighted by atomic mass is 10.2. The van der Waals surface area contributed by atoms with Gasteiger partial charge in [0, 0.05) is 27.9 Å². The quantitative estimate of drug-likeness (QED) is 0.852. The molecule has 17 heavy (non-hydrogen) atoms. The van der Waals surface area contributed by atoms with E-state index in [4.69, 9.17) is 11.6 Å². The molecule has 2 aromatic rings. The minimum absolute atomic E-state index is 0.800. The first-order valence-corrected chi connectivity index (χ1v) is 7.00. The third-order valence-electron chi connectivity index (χ3n) is 2.58. The molecule has 0 saturated heterocycles. The number of benzene rings is 1. The van der Waals surface area contributed by atoms with Gasteiger partial charge in [-0.1, -0.05) is 30.7 Å². The van der Waals surface area contributed by atoms with Crippen molar-refractivity contribution in [3.63, 3.8) is 0 Å². The van der Waals surface area contributed by atoms with Crippen molar-refractivity contribution < 1.29 is 0 Å². The second-order valence-corrected chi connectivity index (χ2v) is 5.64. The number of hydrogen-bond acceptors (Lipinski definition) is 2. The Morgan fingerprint density at radius 1 is 1.12 bits per heavy atom. The van der Waals surface area contributed by atoms with Crippen molar-refractivity contribution in [1.29, 1.82) is 0 Å². The molecule has 1 aromatic carbocycles. The second kappa shape index (κ2) is 6.20. The summed E-state index contributed by atoms with van der Waals surface area (Å²) < 4.78 is 0. The Balaban J connectivity index is 1.83. The molecule has 1 N–H and O–H groups in total. The first kappa shape index (κ1) is 12.6. The fourth-order valence-electron chi connectivity index (χ4n) is 1.68. The van der Waals surface area contributed by atoms with Crippen LogP contribution in [-0.4, -0.2) is 0 Å². The fraction of sp³-hybridized carbons (Fsp3) is 0.286. The second-order valence-electron chi connectivity index (χ2n) is 3.96. The van der Waals surface area contributed by atoms with Gasteiger partial charge in [-0.05, 0) is 36.2 Å². The highest BCUT2D eigenvalue weighted by Gasteiger charge is 1.99. The molecule has 0 unspecified atom stereocenters. The zero-order valence-electron chi connectivity index (χ0n) is 9.87. The lowest BCUT2D eigenvalue weighted by Gasteiger charge is -2.03. The topological polar surface area (TPSA) is 12.0 Å². The lowest BCUT2D eigenvalue weighted by molar-refractivity contribution is 0.701. The van der Waals surface area contributed by atoms with E-state index >= 15 is 0 Å². The van der Waals surface area contributed by atoms with Crippen LogP contribution in [0, 0.1) is 0 Å². The summed E-state index contributed by atoms with van der Waals surface area (Å²) in [6.45, 7) is 3.98. The summed E-state index contributed by atoms with van der Waals surface area (Å²) >= 11 is 7.82. The van der Waals surface area contributed by atoms with Crippen molar-refractivity contribution in [3.05, 3.63) is 56.7 Å². The van der Waals surface area contributed by atoms with Gasteiger partial charge in [-0.15, -0.1) is 11.3 Å². The van der Waals surface area contributed by atoms with Crippen LogP contribution in [0.3, 0.4) is 0 Å². The molecule has 1 heterocycles. The molecule has 3 heteroatoms. The number of hydrogen-bond donors (Lipinski definition) is 1. The van der Waals surface area contributed by atoms with E-state index in [2.05, 4.69) is 30.4 Å². The smallest absolute Gasteiger partial charge is 0.0409 e. The lowest BCUT2D eigenvalue weighted by Crippen LogP contribution is -2.11. The van der Waals surface area contributed by atoms with Crippen molar-refractivity contribution >= 4 is 22.9 Å². The monoisotopic (exact) mass is 265 g/mol. The largest absolute Gasteiger partial charge is 0.308 e. The standard InChI is InChI=1S/C14H16ClNS/c1-2-13-6-7-14(17-13)10-16-9-11-4-3-5-12(15)8-11/h3-8,16H,2,9-10H2,1H3. The Labute approximate surface area is 111 Å². The molecule has 0 bridgehead atoms. The van der Waals surface area contributed by atoms with Gasteiger partial charge >= 0.3 is 0 Å². The zero-order valence-corrected chi connectivity index (χ0v) is 11.4. The van der Waals surface area contributed by atoms with Crippen LogP contribution >= 0.6 is 22.9 Å². The van der Waals surface area contributed by atoms with Crippen LogP contribution in [0.5, 0.6) is 0 Å². The van der Waals surface area contributed by atoms with Gasteiger partial charge in [0.05, 0.1) is 0 Å². The molecule has 0 spiro atoms. The van der Waals surface area contributed by atoms with Gasteiger partial charge in [0.2, 0.25) is 0 Å². The highest BCUT2D eigenvalue weighted by Crippen LogP contribution is 2.17. The maximum atomic E-state index is 5.94. The van der Waals surface area contributed by atoms with E-state index in [9.17, 15) is 0 Å². The predicted octanol–water partition coefficient (Wildman–Crippen LogP) is 4.25. The molecule has 0 atom stereocenters. The third-order valence-corrected chi connectivity index (χ3v) is 4.05. The minimum Gasteiger partial charge on any atom is -0.308 e. The van der Waals surface area contributed by atoms with Gasteiger partial charge in [-0.2, -0.15) is 0 Å². The highest BCUT2D eigenvalue weighted by molar-refractivity contribution is 7.11. The van der Waals surface area contributed by atoms with Gasteiger partial charge < -0.3 is 5.32 Å². The van der Waals surface area contributed by atoms with Gasteiger partial charge in [-0.3, -0.25) is 0 Å². The highest BCUT2D eigenvalue weighted by atomic mass is 35.5. The van der Waals surface area contributed by atoms with E-state index in [1.807, 2.05) is 29.5 Å². The first-order chi connectivity index (χ1) is 8.28. The summed E-state index contributed by atoms with van der Waals surface area (Å²) in [6.07, 6.45) is 1.12. The minimum atomic E-state index is 0.800. The van der Waals surface area contributed by atoms with E-state index in [1.54, 1.807) is 0 Å². The summed E-state index contributed by atoms with van der Waals surface area (Å²) in [7, 11) is 0. The fourth-order valence-corrected chi connectivity index (χ4v) is 2.82. The maximum Gasteiger partial charge on any atom is 0.0409 e. The Bertz CT molecular complexity index is 479. The van der Waals surface area contributed by atoms with Gasteiger partial charge in [0.1, 0.15) is 0 Å². The molecule has 2 rings (SSSR count). The van der Waals surface area contributed by atoms with Gasteiger partial charge in [-0.25, -0.2) is 0 Å². The van der Waals surface area contributed by atoms with Crippen molar-refractivity contribution in [3.8, 4) is 0 Å². The molecule has 1 nitrogen and oxygen atoms in total. The number of halogens is 1. The number of thiophene rings is 1. The first-order valence-electron chi connectivity index (χ1n) is 5.80. The average molecular weight is 266 g/mol. The normalized spacial score (nSPS) is 10.7. The van der Waals surface area contributed by atoms with Crippen LogP contribution in [-0.2, 0) is 19.5 Å². The molecule has 1 aromatic heterocycles. The van der Waals surface area contributed by atoms with Crippen LogP contribution in [0.15, 0.2) is 36.4 Å². The van der Waals surface area contributed by atoms with E-state index in [-0.39, 0.29) is 0 Å². The summed E-state index contributed by atoms with van der Waals surface area (Å²) in [5.74, 6) is 0. The number of nitrogens with one attached hydrogen (secondary N) is 1. The molecule has 0 aliphatic heterocycles. The van der Waals surface area contributed by atoms with Crippen LogP contribution in [0.4, 0.5) is 0 Å². The van der Waals surface area contributed by atoms with Crippen LogP contribution < -0.4 is 5.32 Å². The van der Waals surface area contributed by atoms with Crippen LogP contribution in [0.1, 0.15) is 22.2 Å². The molecule has 0 aliphatic rings. The molecular weight excluding hydrogens is 250 g/mol.